The number of rotatable bonds is 1. The highest BCUT2D eigenvalue weighted by molar-refractivity contribution is 7.80. The van der Waals surface area contributed by atoms with Gasteiger partial charge in [0.05, 0.1) is 11.6 Å². The van der Waals surface area contributed by atoms with Crippen molar-refractivity contribution >= 4 is 23.8 Å². The van der Waals surface area contributed by atoms with Gasteiger partial charge in [0, 0.05) is 17.2 Å². The minimum absolute atomic E-state index is 0.435. The van der Waals surface area contributed by atoms with Gasteiger partial charge in [0.2, 0.25) is 0 Å². The van der Waals surface area contributed by atoms with Crippen molar-refractivity contribution in [2.75, 3.05) is 0 Å². The molecule has 0 bridgehead atoms. The van der Waals surface area contributed by atoms with Crippen molar-refractivity contribution in [2.24, 2.45) is 0 Å². The maximum Gasteiger partial charge on any atom is 0.374 e. The van der Waals surface area contributed by atoms with E-state index in [1.807, 2.05) is 0 Å². The Morgan fingerprint density at radius 3 is 2.29 bits per heavy atom. The van der Waals surface area contributed by atoms with Crippen LogP contribution in [0.5, 0.6) is 11.6 Å². The highest BCUT2D eigenvalue weighted by atomic mass is 31.1. The van der Waals surface area contributed by atoms with E-state index in [0.717, 1.165) is 18.1 Å². The smallest absolute Gasteiger partial charge is 0.374 e. The summed E-state index contributed by atoms with van der Waals surface area (Å²) in [4.78, 5) is 0. The SMILES string of the molecule is c1ccc(P2c3cccc4c3C3(c5ccccc5C4)c4c(cccc42)Oc2cccc[n+]23)cc1. The lowest BCUT2D eigenvalue weighted by molar-refractivity contribution is -0.741. The molecular formula is C31H21NOP+. The van der Waals surface area contributed by atoms with E-state index >= 15 is 0 Å². The zero-order valence-electron chi connectivity index (χ0n) is 18.5. The van der Waals surface area contributed by atoms with Crippen molar-refractivity contribution in [3.05, 3.63) is 143 Å². The van der Waals surface area contributed by atoms with Crippen LogP contribution < -0.4 is 25.2 Å². The van der Waals surface area contributed by atoms with E-state index in [0.29, 0.717) is 0 Å². The zero-order chi connectivity index (χ0) is 22.3. The third kappa shape index (κ3) is 2.18. The Morgan fingerprint density at radius 1 is 0.647 bits per heavy atom. The number of hydrogen-bond donors (Lipinski definition) is 0. The lowest BCUT2D eigenvalue weighted by Gasteiger charge is -2.46. The lowest BCUT2D eigenvalue weighted by Crippen LogP contribution is -2.66. The fourth-order valence-electron chi connectivity index (χ4n) is 6.38. The second kappa shape index (κ2) is 6.65. The van der Waals surface area contributed by atoms with Crippen molar-refractivity contribution in [2.45, 2.75) is 12.0 Å². The van der Waals surface area contributed by atoms with Gasteiger partial charge in [0.25, 0.3) is 5.54 Å². The fourth-order valence-corrected chi connectivity index (χ4v) is 9.16. The third-order valence-corrected chi connectivity index (χ3v) is 10.1. The van der Waals surface area contributed by atoms with E-state index in [1.54, 1.807) is 0 Å². The molecule has 0 fully saturated rings. The number of pyridine rings is 1. The van der Waals surface area contributed by atoms with E-state index in [4.69, 9.17) is 4.74 Å². The van der Waals surface area contributed by atoms with Crippen LogP contribution >= 0.6 is 7.92 Å². The predicted molar refractivity (Wildman–Crippen MR) is 136 cm³/mol. The summed E-state index contributed by atoms with van der Waals surface area (Å²) in [6, 6.07) is 40.0. The summed E-state index contributed by atoms with van der Waals surface area (Å²) in [5, 5.41) is 4.24. The first-order chi connectivity index (χ1) is 16.9. The second-order valence-corrected chi connectivity index (χ2v) is 11.3. The van der Waals surface area contributed by atoms with E-state index in [2.05, 4.69) is 120 Å². The molecule has 1 aromatic heterocycles. The Kier molecular flexibility index (Phi) is 3.65. The molecule has 0 radical (unpaired) electrons. The van der Waals surface area contributed by atoms with Crippen LogP contribution in [0.4, 0.5) is 0 Å². The van der Waals surface area contributed by atoms with Gasteiger partial charge in [-0.15, -0.1) is 4.57 Å². The van der Waals surface area contributed by atoms with Gasteiger partial charge in [-0.25, -0.2) is 0 Å². The van der Waals surface area contributed by atoms with Crippen LogP contribution in [0.1, 0.15) is 27.8 Å². The van der Waals surface area contributed by atoms with Gasteiger partial charge in [-0.3, -0.25) is 0 Å². The molecule has 4 aromatic carbocycles. The quantitative estimate of drug-likeness (QED) is 0.254. The Bertz CT molecular complexity index is 1520. The van der Waals surface area contributed by atoms with E-state index in [9.17, 15) is 0 Å². The number of ether oxygens (including phenoxy) is 1. The number of aromatic nitrogens is 1. The summed E-state index contributed by atoms with van der Waals surface area (Å²) in [5.41, 5.74) is 6.50. The molecule has 0 saturated heterocycles. The molecule has 0 N–H and O–H groups in total. The number of hydrogen-bond acceptors (Lipinski definition) is 1. The second-order valence-electron chi connectivity index (χ2n) is 9.19. The van der Waals surface area contributed by atoms with E-state index in [1.165, 1.54) is 43.7 Å². The largest absolute Gasteiger partial charge is 0.404 e. The first-order valence-electron chi connectivity index (χ1n) is 11.8. The summed E-state index contributed by atoms with van der Waals surface area (Å²) in [7, 11) is -0.705. The van der Waals surface area contributed by atoms with Crippen LogP contribution in [0, 0.1) is 0 Å². The molecule has 2 aliphatic heterocycles. The highest BCUT2D eigenvalue weighted by Gasteiger charge is 2.61. The standard InChI is InChI=1S/C31H21NOP/c1-2-12-23(13-3-1)34-26-16-8-11-22-20-21-10-4-5-14-24(21)31(29(22)26)30-25(15-9-17-27(30)34)33-28-18-6-7-19-32(28)31/h1-19H,20H2/q+1. The molecule has 2 nitrogen and oxygen atoms in total. The third-order valence-electron chi connectivity index (χ3n) is 7.54. The predicted octanol–water partition coefficient (Wildman–Crippen LogP) is 4.90. The summed E-state index contributed by atoms with van der Waals surface area (Å²) in [6.07, 6.45) is 3.16. The van der Waals surface area contributed by atoms with Crippen molar-refractivity contribution in [3.8, 4) is 11.6 Å². The number of nitrogens with zero attached hydrogens (tertiary/aromatic N) is 1. The van der Waals surface area contributed by atoms with Crippen LogP contribution in [-0.4, -0.2) is 0 Å². The number of fused-ring (bicyclic) bond motifs is 2. The Morgan fingerprint density at radius 2 is 1.38 bits per heavy atom. The van der Waals surface area contributed by atoms with Crippen LogP contribution in [0.15, 0.2) is 115 Å². The van der Waals surface area contributed by atoms with Crippen LogP contribution in [0.2, 0.25) is 0 Å². The first-order valence-corrected chi connectivity index (χ1v) is 13.1. The molecule has 3 aliphatic rings. The molecule has 2 atom stereocenters. The van der Waals surface area contributed by atoms with Crippen LogP contribution in [-0.2, 0) is 12.0 Å². The summed E-state index contributed by atoms with van der Waals surface area (Å²) in [6.45, 7) is 0. The molecule has 160 valence electrons. The monoisotopic (exact) mass is 454 g/mol. The molecule has 0 saturated carbocycles. The number of benzene rings is 4. The van der Waals surface area contributed by atoms with Crippen molar-refractivity contribution in [1.29, 1.82) is 0 Å². The molecule has 5 aromatic rings. The van der Waals surface area contributed by atoms with Gasteiger partial charge < -0.3 is 4.74 Å². The zero-order valence-corrected chi connectivity index (χ0v) is 19.4. The molecule has 3 heteroatoms. The molecule has 3 heterocycles. The lowest BCUT2D eigenvalue weighted by atomic mass is 9.67. The fraction of sp³-hybridized carbons (Fsp3) is 0.0645. The van der Waals surface area contributed by atoms with Gasteiger partial charge in [-0.1, -0.05) is 84.9 Å². The average molecular weight is 454 g/mol. The molecule has 2 unspecified atom stereocenters. The van der Waals surface area contributed by atoms with Gasteiger partial charge in [-0.05, 0) is 53.5 Å². The van der Waals surface area contributed by atoms with Gasteiger partial charge in [0.1, 0.15) is 5.75 Å². The summed E-state index contributed by atoms with van der Waals surface area (Å²) >= 11 is 0. The van der Waals surface area contributed by atoms with E-state index in [-0.39, 0.29) is 0 Å². The molecule has 34 heavy (non-hydrogen) atoms. The van der Waals surface area contributed by atoms with Crippen LogP contribution in [0.3, 0.4) is 0 Å². The highest BCUT2D eigenvalue weighted by Crippen LogP contribution is 2.56. The van der Waals surface area contributed by atoms with Crippen molar-refractivity contribution < 1.29 is 9.30 Å². The normalized spacial score (nSPS) is 20.3. The Hall–Kier alpha value is -3.74. The molecule has 1 spiro atoms. The van der Waals surface area contributed by atoms with Crippen molar-refractivity contribution in [1.82, 2.24) is 0 Å². The maximum atomic E-state index is 6.60. The first kappa shape index (κ1) is 18.7. The molecule has 1 aliphatic carbocycles. The van der Waals surface area contributed by atoms with Crippen LogP contribution in [0.25, 0.3) is 0 Å². The molecule has 8 rings (SSSR count). The maximum absolute atomic E-state index is 6.60. The van der Waals surface area contributed by atoms with Gasteiger partial charge >= 0.3 is 5.88 Å². The summed E-state index contributed by atoms with van der Waals surface area (Å²) in [5.74, 6) is 1.86. The summed E-state index contributed by atoms with van der Waals surface area (Å²) < 4.78 is 8.99. The van der Waals surface area contributed by atoms with Gasteiger partial charge in [0.15, 0.2) is 6.20 Å². The van der Waals surface area contributed by atoms with E-state index < -0.39 is 13.5 Å². The molecule has 0 amide bonds. The average Bonchev–Trinajstić information content (AvgIpc) is 2.89. The Labute approximate surface area is 199 Å². The van der Waals surface area contributed by atoms with Crippen molar-refractivity contribution in [3.63, 3.8) is 0 Å². The minimum atomic E-state index is -0.705. The minimum Gasteiger partial charge on any atom is -0.404 e. The van der Waals surface area contributed by atoms with Gasteiger partial charge in [-0.2, -0.15) is 0 Å². The molecular weight excluding hydrogens is 433 g/mol. The topological polar surface area (TPSA) is 13.1 Å². The Balaban J connectivity index is 1.61.